The predicted molar refractivity (Wildman–Crippen MR) is 114 cm³/mol. The Morgan fingerprint density at radius 3 is 2.10 bits per heavy atom. The molecule has 160 valence electrons. The molecule has 31 heavy (non-hydrogen) atoms. The second kappa shape index (κ2) is 10.7. The van der Waals surface area contributed by atoms with E-state index in [1.165, 1.54) is 0 Å². The number of pyridine rings is 1. The highest BCUT2D eigenvalue weighted by atomic mass is 16.5. The van der Waals surface area contributed by atoms with Crippen molar-refractivity contribution in [2.24, 2.45) is 5.73 Å². The fourth-order valence-corrected chi connectivity index (χ4v) is 2.61. The molecule has 0 radical (unpaired) electrons. The second-order valence-corrected chi connectivity index (χ2v) is 6.54. The molecule has 0 saturated carbocycles. The summed E-state index contributed by atoms with van der Waals surface area (Å²) in [6.45, 7) is 1.26. The molecule has 0 atom stereocenters. The molecule has 2 aromatic carbocycles. The van der Waals surface area contributed by atoms with Crippen LogP contribution in [0, 0.1) is 0 Å². The van der Waals surface area contributed by atoms with Crippen LogP contribution in [0.15, 0.2) is 66.9 Å². The van der Waals surface area contributed by atoms with Gasteiger partial charge in [-0.25, -0.2) is 4.98 Å². The van der Waals surface area contributed by atoms with Gasteiger partial charge in [-0.15, -0.1) is 0 Å². The fourth-order valence-electron chi connectivity index (χ4n) is 2.61. The molecule has 0 aliphatic heterocycles. The molecule has 0 aliphatic rings. The minimum Gasteiger partial charge on any atom is -0.475 e. The Morgan fingerprint density at radius 2 is 1.55 bits per heavy atom. The maximum atomic E-state index is 12.4. The van der Waals surface area contributed by atoms with Crippen molar-refractivity contribution in [3.8, 4) is 17.4 Å². The number of aromatic nitrogens is 1. The average Bonchev–Trinajstić information content (AvgIpc) is 2.79. The largest absolute Gasteiger partial charge is 0.475 e. The van der Waals surface area contributed by atoms with Gasteiger partial charge >= 0.3 is 0 Å². The van der Waals surface area contributed by atoms with Crippen LogP contribution in [0.25, 0.3) is 0 Å². The summed E-state index contributed by atoms with van der Waals surface area (Å²) in [5, 5.41) is 2.85. The number of amides is 2. The van der Waals surface area contributed by atoms with Crippen LogP contribution in [0.5, 0.6) is 17.4 Å². The van der Waals surface area contributed by atoms with Gasteiger partial charge in [-0.1, -0.05) is 6.07 Å². The number of nitrogens with one attached hydrogen (secondary N) is 1. The SMILES string of the molecule is COCCOc1ccc(CNC(=O)c2ccc(Oc3ccc(C(N)=O)cc3)cc2)cn1. The van der Waals surface area contributed by atoms with Crippen molar-refractivity contribution in [1.82, 2.24) is 10.3 Å². The Bertz CT molecular complexity index is 1000. The fraction of sp³-hybridized carbons (Fsp3) is 0.174. The quantitative estimate of drug-likeness (QED) is 0.487. The molecule has 0 spiro atoms. The molecule has 1 aromatic heterocycles. The predicted octanol–water partition coefficient (Wildman–Crippen LogP) is 2.93. The first-order chi connectivity index (χ1) is 15.0. The summed E-state index contributed by atoms with van der Waals surface area (Å²) < 4.78 is 16.0. The van der Waals surface area contributed by atoms with Gasteiger partial charge in [-0.2, -0.15) is 0 Å². The van der Waals surface area contributed by atoms with E-state index in [-0.39, 0.29) is 5.91 Å². The van der Waals surface area contributed by atoms with Crippen LogP contribution in [0.1, 0.15) is 26.3 Å². The van der Waals surface area contributed by atoms with Crippen molar-refractivity contribution < 1.29 is 23.8 Å². The summed E-state index contributed by atoms with van der Waals surface area (Å²) in [5.41, 5.74) is 6.98. The summed E-state index contributed by atoms with van der Waals surface area (Å²) in [4.78, 5) is 27.7. The van der Waals surface area contributed by atoms with Gasteiger partial charge in [0.2, 0.25) is 11.8 Å². The van der Waals surface area contributed by atoms with Crippen LogP contribution < -0.4 is 20.5 Å². The van der Waals surface area contributed by atoms with Crippen LogP contribution in [-0.2, 0) is 11.3 Å². The molecule has 3 N–H and O–H groups in total. The normalized spacial score (nSPS) is 10.4. The number of rotatable bonds is 10. The Balaban J connectivity index is 1.50. The molecule has 0 saturated heterocycles. The first kappa shape index (κ1) is 21.8. The van der Waals surface area contributed by atoms with E-state index in [1.54, 1.807) is 67.9 Å². The highest BCUT2D eigenvalue weighted by molar-refractivity contribution is 5.94. The number of nitrogens with zero attached hydrogens (tertiary/aromatic N) is 1. The minimum atomic E-state index is -0.496. The number of nitrogens with two attached hydrogens (primary N) is 1. The molecule has 3 rings (SSSR count). The lowest BCUT2D eigenvalue weighted by Crippen LogP contribution is -2.22. The van der Waals surface area contributed by atoms with Gasteiger partial charge in [0.25, 0.3) is 5.91 Å². The van der Waals surface area contributed by atoms with Crippen molar-refractivity contribution in [3.63, 3.8) is 0 Å². The number of primary amides is 1. The molecule has 2 amide bonds. The molecular weight excluding hydrogens is 398 g/mol. The van der Waals surface area contributed by atoms with E-state index in [1.807, 2.05) is 6.07 Å². The number of carbonyl (C=O) groups is 2. The summed E-state index contributed by atoms with van der Waals surface area (Å²) in [7, 11) is 1.61. The van der Waals surface area contributed by atoms with E-state index in [2.05, 4.69) is 10.3 Å². The van der Waals surface area contributed by atoms with E-state index < -0.39 is 5.91 Å². The van der Waals surface area contributed by atoms with Gasteiger partial charge in [0, 0.05) is 37.0 Å². The van der Waals surface area contributed by atoms with E-state index in [0.29, 0.717) is 48.3 Å². The molecule has 0 bridgehead atoms. The number of methoxy groups -OCH3 is 1. The zero-order chi connectivity index (χ0) is 22.1. The van der Waals surface area contributed by atoms with Gasteiger partial charge < -0.3 is 25.3 Å². The number of hydrogen-bond donors (Lipinski definition) is 2. The Labute approximate surface area is 180 Å². The molecule has 8 nitrogen and oxygen atoms in total. The number of benzene rings is 2. The number of hydrogen-bond acceptors (Lipinski definition) is 6. The maximum Gasteiger partial charge on any atom is 0.251 e. The lowest BCUT2D eigenvalue weighted by atomic mass is 10.2. The minimum absolute atomic E-state index is 0.210. The van der Waals surface area contributed by atoms with Crippen molar-refractivity contribution in [2.45, 2.75) is 6.54 Å². The maximum absolute atomic E-state index is 12.4. The third-order valence-electron chi connectivity index (χ3n) is 4.28. The highest BCUT2D eigenvalue weighted by Crippen LogP contribution is 2.22. The van der Waals surface area contributed by atoms with Gasteiger partial charge in [0.05, 0.1) is 6.61 Å². The Hall–Kier alpha value is -3.91. The average molecular weight is 421 g/mol. The Kier molecular flexibility index (Phi) is 7.56. The lowest BCUT2D eigenvalue weighted by Gasteiger charge is -2.09. The van der Waals surface area contributed by atoms with Crippen LogP contribution >= 0.6 is 0 Å². The molecule has 3 aromatic rings. The van der Waals surface area contributed by atoms with Crippen molar-refractivity contribution in [1.29, 1.82) is 0 Å². The zero-order valence-corrected chi connectivity index (χ0v) is 17.0. The topological polar surface area (TPSA) is 113 Å². The molecule has 8 heteroatoms. The van der Waals surface area contributed by atoms with Gasteiger partial charge in [0.1, 0.15) is 18.1 Å². The number of ether oxygens (including phenoxy) is 3. The van der Waals surface area contributed by atoms with Crippen LogP contribution in [0.3, 0.4) is 0 Å². The van der Waals surface area contributed by atoms with Crippen LogP contribution in [-0.4, -0.2) is 37.1 Å². The van der Waals surface area contributed by atoms with E-state index >= 15 is 0 Å². The monoisotopic (exact) mass is 421 g/mol. The third kappa shape index (κ3) is 6.55. The lowest BCUT2D eigenvalue weighted by molar-refractivity contribution is 0.0949. The standard InChI is InChI=1S/C23H23N3O5/c1-29-12-13-30-21-11-2-16(14-25-21)15-26-23(28)18-5-9-20(10-6-18)31-19-7-3-17(4-8-19)22(24)27/h2-11,14H,12-13,15H2,1H3,(H2,24,27)(H,26,28). The molecular formula is C23H23N3O5. The van der Waals surface area contributed by atoms with E-state index in [4.69, 9.17) is 19.9 Å². The second-order valence-electron chi connectivity index (χ2n) is 6.54. The summed E-state index contributed by atoms with van der Waals surface area (Å²) in [6, 6.07) is 16.8. The molecule has 1 heterocycles. The Morgan fingerprint density at radius 1 is 0.903 bits per heavy atom. The molecule has 0 aliphatic carbocycles. The van der Waals surface area contributed by atoms with Crippen LogP contribution in [0.2, 0.25) is 0 Å². The van der Waals surface area contributed by atoms with Gasteiger partial charge in [-0.05, 0) is 54.1 Å². The summed E-state index contributed by atoms with van der Waals surface area (Å²) in [6.07, 6.45) is 1.66. The summed E-state index contributed by atoms with van der Waals surface area (Å²) >= 11 is 0. The number of carbonyl (C=O) groups excluding carboxylic acids is 2. The van der Waals surface area contributed by atoms with Crippen molar-refractivity contribution in [3.05, 3.63) is 83.6 Å². The zero-order valence-electron chi connectivity index (χ0n) is 17.0. The first-order valence-electron chi connectivity index (χ1n) is 9.58. The van der Waals surface area contributed by atoms with E-state index in [0.717, 1.165) is 5.56 Å². The molecule has 0 fully saturated rings. The molecule has 0 unspecified atom stereocenters. The van der Waals surface area contributed by atoms with Crippen LogP contribution in [0.4, 0.5) is 0 Å². The van der Waals surface area contributed by atoms with Gasteiger partial charge in [0.15, 0.2) is 0 Å². The smallest absolute Gasteiger partial charge is 0.251 e. The van der Waals surface area contributed by atoms with E-state index in [9.17, 15) is 9.59 Å². The summed E-state index contributed by atoms with van der Waals surface area (Å²) in [5.74, 6) is 0.926. The van der Waals surface area contributed by atoms with Crippen molar-refractivity contribution >= 4 is 11.8 Å². The highest BCUT2D eigenvalue weighted by Gasteiger charge is 2.07. The first-order valence-corrected chi connectivity index (χ1v) is 9.58. The van der Waals surface area contributed by atoms with Gasteiger partial charge in [-0.3, -0.25) is 9.59 Å². The van der Waals surface area contributed by atoms with Crippen molar-refractivity contribution in [2.75, 3.05) is 20.3 Å². The third-order valence-corrected chi connectivity index (χ3v) is 4.28.